The van der Waals surface area contributed by atoms with Crippen LogP contribution in [0.15, 0.2) is 28.7 Å². The van der Waals surface area contributed by atoms with Gasteiger partial charge in [0.1, 0.15) is 0 Å². The Bertz CT molecular complexity index is 278. The number of nitrogens with one attached hydrogen (secondary N) is 1. The second-order valence-electron chi connectivity index (χ2n) is 3.27. The molecule has 1 atom stereocenters. The van der Waals surface area contributed by atoms with Crippen LogP contribution in [-0.2, 0) is 0 Å². The highest BCUT2D eigenvalue weighted by Crippen LogP contribution is 2.17. The number of aliphatic hydroxyl groups is 1. The number of halogens is 1. The maximum Gasteiger partial charge on any atom is 0.0914 e. The first-order valence-electron chi connectivity index (χ1n) is 4.88. The number of hydrogen-bond donors (Lipinski definition) is 2. The van der Waals surface area contributed by atoms with Crippen LogP contribution in [0.25, 0.3) is 0 Å². The van der Waals surface area contributed by atoms with Gasteiger partial charge in [0.25, 0.3) is 0 Å². The fourth-order valence-corrected chi connectivity index (χ4v) is 1.66. The van der Waals surface area contributed by atoms with E-state index in [1.165, 1.54) is 0 Å². The molecule has 14 heavy (non-hydrogen) atoms. The summed E-state index contributed by atoms with van der Waals surface area (Å²) in [6.07, 6.45) is 0.671. The molecule has 0 aromatic heterocycles. The second-order valence-corrected chi connectivity index (χ2v) is 4.19. The molecule has 78 valence electrons. The van der Waals surface area contributed by atoms with Gasteiger partial charge in [-0.2, -0.15) is 0 Å². The van der Waals surface area contributed by atoms with E-state index in [1.807, 2.05) is 24.3 Å². The highest BCUT2D eigenvalue weighted by Gasteiger charge is 2.06. The molecule has 0 aliphatic rings. The van der Waals surface area contributed by atoms with Crippen LogP contribution in [0.1, 0.15) is 25.0 Å². The van der Waals surface area contributed by atoms with Gasteiger partial charge in [-0.3, -0.25) is 0 Å². The Kier molecular flexibility index (Phi) is 5.15. The molecule has 0 saturated heterocycles. The lowest BCUT2D eigenvalue weighted by Gasteiger charge is -2.11. The van der Waals surface area contributed by atoms with E-state index in [9.17, 15) is 5.11 Å². The SMILES string of the molecule is CCCNCC(O)c1cccc(Br)c1. The monoisotopic (exact) mass is 257 g/mol. The highest BCUT2D eigenvalue weighted by molar-refractivity contribution is 9.10. The van der Waals surface area contributed by atoms with Crippen LogP contribution in [0.3, 0.4) is 0 Å². The van der Waals surface area contributed by atoms with Gasteiger partial charge in [0.2, 0.25) is 0 Å². The maximum absolute atomic E-state index is 9.79. The first-order valence-corrected chi connectivity index (χ1v) is 5.67. The third kappa shape index (κ3) is 3.78. The Morgan fingerprint density at radius 2 is 2.29 bits per heavy atom. The summed E-state index contributed by atoms with van der Waals surface area (Å²) >= 11 is 3.38. The molecular formula is C11H16BrNO. The Hall–Kier alpha value is -0.380. The van der Waals surface area contributed by atoms with E-state index in [1.54, 1.807) is 0 Å². The van der Waals surface area contributed by atoms with Crippen molar-refractivity contribution in [2.45, 2.75) is 19.4 Å². The summed E-state index contributed by atoms with van der Waals surface area (Å²) in [7, 11) is 0. The van der Waals surface area contributed by atoms with Gasteiger partial charge in [-0.1, -0.05) is 35.0 Å². The van der Waals surface area contributed by atoms with Gasteiger partial charge in [0, 0.05) is 11.0 Å². The largest absolute Gasteiger partial charge is 0.387 e. The van der Waals surface area contributed by atoms with Gasteiger partial charge in [-0.25, -0.2) is 0 Å². The van der Waals surface area contributed by atoms with E-state index in [2.05, 4.69) is 28.2 Å². The van der Waals surface area contributed by atoms with Crippen LogP contribution < -0.4 is 5.32 Å². The molecular weight excluding hydrogens is 242 g/mol. The van der Waals surface area contributed by atoms with Crippen molar-refractivity contribution < 1.29 is 5.11 Å². The topological polar surface area (TPSA) is 32.3 Å². The van der Waals surface area contributed by atoms with Crippen molar-refractivity contribution in [3.63, 3.8) is 0 Å². The van der Waals surface area contributed by atoms with E-state index in [4.69, 9.17) is 0 Å². The van der Waals surface area contributed by atoms with E-state index in [0.717, 1.165) is 23.0 Å². The molecule has 0 heterocycles. The van der Waals surface area contributed by atoms with Gasteiger partial charge in [0.15, 0.2) is 0 Å². The molecule has 1 aromatic rings. The fraction of sp³-hybridized carbons (Fsp3) is 0.455. The van der Waals surface area contributed by atoms with Crippen molar-refractivity contribution in [2.75, 3.05) is 13.1 Å². The molecule has 0 bridgehead atoms. The Morgan fingerprint density at radius 1 is 1.50 bits per heavy atom. The predicted octanol–water partition coefficient (Wildman–Crippen LogP) is 2.48. The minimum atomic E-state index is -0.418. The fourth-order valence-electron chi connectivity index (χ4n) is 1.25. The molecule has 0 spiro atoms. The number of rotatable bonds is 5. The molecule has 0 aliphatic heterocycles. The third-order valence-electron chi connectivity index (χ3n) is 2.00. The summed E-state index contributed by atoms with van der Waals surface area (Å²) in [5.41, 5.74) is 0.947. The highest BCUT2D eigenvalue weighted by atomic mass is 79.9. The van der Waals surface area contributed by atoms with Crippen LogP contribution in [-0.4, -0.2) is 18.2 Å². The average molecular weight is 258 g/mol. The first-order chi connectivity index (χ1) is 6.74. The second kappa shape index (κ2) is 6.17. The van der Waals surface area contributed by atoms with Crippen LogP contribution in [0.5, 0.6) is 0 Å². The number of aliphatic hydroxyl groups excluding tert-OH is 1. The van der Waals surface area contributed by atoms with Gasteiger partial charge in [-0.15, -0.1) is 0 Å². The molecule has 0 aliphatic carbocycles. The van der Waals surface area contributed by atoms with Gasteiger partial charge >= 0.3 is 0 Å². The van der Waals surface area contributed by atoms with Crippen LogP contribution in [0, 0.1) is 0 Å². The Labute approximate surface area is 93.5 Å². The van der Waals surface area contributed by atoms with Crippen molar-refractivity contribution in [3.05, 3.63) is 34.3 Å². The zero-order valence-corrected chi connectivity index (χ0v) is 9.92. The molecule has 0 fully saturated rings. The molecule has 2 N–H and O–H groups in total. The quantitative estimate of drug-likeness (QED) is 0.795. The summed E-state index contributed by atoms with van der Waals surface area (Å²) in [5.74, 6) is 0. The number of benzene rings is 1. The van der Waals surface area contributed by atoms with Crippen molar-refractivity contribution in [3.8, 4) is 0 Å². The summed E-state index contributed by atoms with van der Waals surface area (Å²) < 4.78 is 1.00. The standard InChI is InChI=1S/C11H16BrNO/c1-2-6-13-8-11(14)9-4-3-5-10(12)7-9/h3-5,7,11,13-14H,2,6,8H2,1H3. The third-order valence-corrected chi connectivity index (χ3v) is 2.49. The average Bonchev–Trinajstić information content (AvgIpc) is 2.18. The Morgan fingerprint density at radius 3 is 2.93 bits per heavy atom. The summed E-state index contributed by atoms with van der Waals surface area (Å²) in [4.78, 5) is 0. The van der Waals surface area contributed by atoms with Crippen molar-refractivity contribution in [1.29, 1.82) is 0 Å². The van der Waals surface area contributed by atoms with Crippen LogP contribution in [0.2, 0.25) is 0 Å². The van der Waals surface area contributed by atoms with E-state index >= 15 is 0 Å². The summed E-state index contributed by atoms with van der Waals surface area (Å²) in [6.45, 7) is 3.67. The molecule has 1 rings (SSSR count). The zero-order chi connectivity index (χ0) is 10.4. The minimum absolute atomic E-state index is 0.418. The van der Waals surface area contributed by atoms with E-state index in [0.29, 0.717) is 6.54 Å². The summed E-state index contributed by atoms with van der Waals surface area (Å²) in [5, 5.41) is 13.0. The normalized spacial score (nSPS) is 12.8. The van der Waals surface area contributed by atoms with E-state index in [-0.39, 0.29) is 0 Å². The molecule has 3 heteroatoms. The van der Waals surface area contributed by atoms with Gasteiger partial charge in [-0.05, 0) is 30.7 Å². The predicted molar refractivity (Wildman–Crippen MR) is 62.3 cm³/mol. The van der Waals surface area contributed by atoms with Crippen molar-refractivity contribution >= 4 is 15.9 Å². The molecule has 0 radical (unpaired) electrons. The van der Waals surface area contributed by atoms with Crippen molar-refractivity contribution in [2.24, 2.45) is 0 Å². The van der Waals surface area contributed by atoms with Crippen LogP contribution in [0.4, 0.5) is 0 Å². The number of hydrogen-bond acceptors (Lipinski definition) is 2. The molecule has 0 saturated carbocycles. The van der Waals surface area contributed by atoms with Crippen molar-refractivity contribution in [1.82, 2.24) is 5.32 Å². The first kappa shape index (κ1) is 11.7. The van der Waals surface area contributed by atoms with Crippen LogP contribution >= 0.6 is 15.9 Å². The van der Waals surface area contributed by atoms with Gasteiger partial charge < -0.3 is 10.4 Å². The smallest absolute Gasteiger partial charge is 0.0914 e. The molecule has 1 aromatic carbocycles. The van der Waals surface area contributed by atoms with E-state index < -0.39 is 6.10 Å². The molecule has 1 unspecified atom stereocenters. The lowest BCUT2D eigenvalue weighted by molar-refractivity contribution is 0.175. The minimum Gasteiger partial charge on any atom is -0.387 e. The lowest BCUT2D eigenvalue weighted by Crippen LogP contribution is -2.22. The lowest BCUT2D eigenvalue weighted by atomic mass is 10.1. The molecule has 0 amide bonds. The zero-order valence-electron chi connectivity index (χ0n) is 8.33. The Balaban J connectivity index is 2.47. The summed E-state index contributed by atoms with van der Waals surface area (Å²) in [6, 6.07) is 7.76. The van der Waals surface area contributed by atoms with Gasteiger partial charge in [0.05, 0.1) is 6.10 Å². The maximum atomic E-state index is 9.79. The molecule has 2 nitrogen and oxygen atoms in total.